The van der Waals surface area contributed by atoms with Crippen LogP contribution in [0.2, 0.25) is 0 Å². The van der Waals surface area contributed by atoms with Crippen LogP contribution in [0.25, 0.3) is 0 Å². The summed E-state index contributed by atoms with van der Waals surface area (Å²) in [6.07, 6.45) is 6.14. The largest absolute Gasteiger partial charge is 0.483 e. The highest BCUT2D eigenvalue weighted by molar-refractivity contribution is 5.78. The van der Waals surface area contributed by atoms with Crippen molar-refractivity contribution in [1.29, 1.82) is 0 Å². The quantitative estimate of drug-likeness (QED) is 0.705. The molecule has 1 aromatic rings. The summed E-state index contributed by atoms with van der Waals surface area (Å²) >= 11 is 0. The number of piperidine rings is 2. The molecule has 0 atom stereocenters. The fourth-order valence-electron chi connectivity index (χ4n) is 4.15. The van der Waals surface area contributed by atoms with E-state index in [2.05, 4.69) is 35.2 Å². The van der Waals surface area contributed by atoms with Crippen LogP contribution >= 0.6 is 0 Å². The molecular formula is C22H33N3O4. The van der Waals surface area contributed by atoms with Gasteiger partial charge in [0.1, 0.15) is 0 Å². The lowest BCUT2D eigenvalue weighted by Crippen LogP contribution is -2.47. The molecule has 0 aromatic heterocycles. The fraction of sp³-hybridized carbons (Fsp3) is 0.591. The second kappa shape index (κ2) is 12.2. The Labute approximate surface area is 172 Å². The van der Waals surface area contributed by atoms with E-state index in [1.807, 2.05) is 4.90 Å². The molecule has 3 N–H and O–H groups in total. The summed E-state index contributed by atoms with van der Waals surface area (Å²) in [5.74, 6) is 0.755. The first-order valence-electron chi connectivity index (χ1n) is 10.4. The first kappa shape index (κ1) is 22.9. The number of aryl methyl sites for hydroxylation is 1. The molecule has 0 aliphatic carbocycles. The van der Waals surface area contributed by atoms with Gasteiger partial charge in [0.05, 0.1) is 6.54 Å². The minimum absolute atomic E-state index is 0.0123. The monoisotopic (exact) mass is 403 g/mol. The van der Waals surface area contributed by atoms with Crippen molar-refractivity contribution >= 4 is 18.3 Å². The number of carboxylic acid groups (broad SMARTS) is 1. The molecule has 0 bridgehead atoms. The molecule has 0 spiro atoms. The molecule has 0 unspecified atom stereocenters. The number of carbonyl (C=O) groups excluding carboxylic acids is 2. The number of primary amides is 1. The molecule has 7 nitrogen and oxygen atoms in total. The van der Waals surface area contributed by atoms with Crippen LogP contribution in [0.1, 0.15) is 37.7 Å². The third kappa shape index (κ3) is 7.85. The lowest BCUT2D eigenvalue weighted by atomic mass is 9.90. The van der Waals surface area contributed by atoms with Crippen LogP contribution in [0.15, 0.2) is 30.3 Å². The Kier molecular flexibility index (Phi) is 9.64. The number of nitrogens with two attached hydrogens (primary N) is 1. The van der Waals surface area contributed by atoms with Crippen LogP contribution in [0.3, 0.4) is 0 Å². The van der Waals surface area contributed by atoms with E-state index in [0.717, 1.165) is 64.2 Å². The third-order valence-electron chi connectivity index (χ3n) is 6.00. The molecular weight excluding hydrogens is 370 g/mol. The van der Waals surface area contributed by atoms with Crippen molar-refractivity contribution in [2.45, 2.75) is 38.5 Å². The fourth-order valence-corrected chi connectivity index (χ4v) is 4.15. The maximum atomic E-state index is 12.6. The Morgan fingerprint density at radius 3 is 2.17 bits per heavy atom. The number of amides is 2. The Bertz CT molecular complexity index is 637. The SMILES string of the molecule is NC(=O)C1CCN(CC(=O)N2CCC(CCc3ccccc3)CC2)CC1.O=CO. The zero-order valence-electron chi connectivity index (χ0n) is 17.0. The van der Waals surface area contributed by atoms with Gasteiger partial charge < -0.3 is 15.7 Å². The summed E-state index contributed by atoms with van der Waals surface area (Å²) in [5.41, 5.74) is 6.78. The van der Waals surface area contributed by atoms with Gasteiger partial charge in [-0.1, -0.05) is 30.3 Å². The van der Waals surface area contributed by atoms with Gasteiger partial charge in [-0.3, -0.25) is 19.3 Å². The van der Waals surface area contributed by atoms with Crippen LogP contribution in [0, 0.1) is 11.8 Å². The molecule has 2 aliphatic heterocycles. The molecule has 3 rings (SSSR count). The van der Waals surface area contributed by atoms with Crippen molar-refractivity contribution in [3.8, 4) is 0 Å². The molecule has 2 heterocycles. The van der Waals surface area contributed by atoms with Crippen molar-refractivity contribution in [3.63, 3.8) is 0 Å². The Balaban J connectivity index is 0.000000941. The van der Waals surface area contributed by atoms with Gasteiger partial charge in [0.2, 0.25) is 11.8 Å². The number of rotatable bonds is 6. The summed E-state index contributed by atoms with van der Waals surface area (Å²) in [6.45, 7) is 3.60. The number of hydrogen-bond donors (Lipinski definition) is 2. The average molecular weight is 404 g/mol. The first-order valence-corrected chi connectivity index (χ1v) is 10.4. The molecule has 2 fully saturated rings. The zero-order chi connectivity index (χ0) is 21.1. The third-order valence-corrected chi connectivity index (χ3v) is 6.00. The van der Waals surface area contributed by atoms with Gasteiger partial charge in [-0.15, -0.1) is 0 Å². The highest BCUT2D eigenvalue weighted by Gasteiger charge is 2.27. The molecule has 160 valence electrons. The number of likely N-dealkylation sites (tertiary alicyclic amines) is 2. The molecule has 2 aliphatic rings. The van der Waals surface area contributed by atoms with Gasteiger partial charge in [0.25, 0.3) is 6.47 Å². The van der Waals surface area contributed by atoms with E-state index in [4.69, 9.17) is 15.6 Å². The number of nitrogens with zero attached hydrogens (tertiary/aromatic N) is 2. The summed E-state index contributed by atoms with van der Waals surface area (Å²) in [4.78, 5) is 36.4. The average Bonchev–Trinajstić information content (AvgIpc) is 2.74. The van der Waals surface area contributed by atoms with Crippen molar-refractivity contribution in [3.05, 3.63) is 35.9 Å². The Hall–Kier alpha value is -2.41. The van der Waals surface area contributed by atoms with Crippen LogP contribution in [0.5, 0.6) is 0 Å². The van der Waals surface area contributed by atoms with Gasteiger partial charge in [-0.05, 0) is 63.1 Å². The highest BCUT2D eigenvalue weighted by atomic mass is 16.3. The van der Waals surface area contributed by atoms with E-state index in [0.29, 0.717) is 6.54 Å². The predicted octanol–water partition coefficient (Wildman–Crippen LogP) is 1.76. The van der Waals surface area contributed by atoms with Crippen molar-refractivity contribution in [1.82, 2.24) is 9.80 Å². The number of carbonyl (C=O) groups is 3. The topological polar surface area (TPSA) is 104 Å². The molecule has 29 heavy (non-hydrogen) atoms. The van der Waals surface area contributed by atoms with Gasteiger partial charge in [0.15, 0.2) is 0 Å². The van der Waals surface area contributed by atoms with E-state index >= 15 is 0 Å². The number of benzene rings is 1. The van der Waals surface area contributed by atoms with Crippen molar-refractivity contribution in [2.75, 3.05) is 32.7 Å². The van der Waals surface area contributed by atoms with Crippen molar-refractivity contribution in [2.24, 2.45) is 17.6 Å². The second-order valence-electron chi connectivity index (χ2n) is 7.91. The van der Waals surface area contributed by atoms with E-state index in [1.54, 1.807) is 0 Å². The first-order chi connectivity index (χ1) is 14.0. The number of hydrogen-bond acceptors (Lipinski definition) is 4. The lowest BCUT2D eigenvalue weighted by Gasteiger charge is -2.35. The van der Waals surface area contributed by atoms with Gasteiger partial charge in [-0.25, -0.2) is 0 Å². The molecule has 0 saturated carbocycles. The summed E-state index contributed by atoms with van der Waals surface area (Å²) < 4.78 is 0. The Morgan fingerprint density at radius 2 is 1.62 bits per heavy atom. The van der Waals surface area contributed by atoms with Crippen LogP contribution < -0.4 is 5.73 Å². The minimum atomic E-state index is -0.250. The molecule has 1 aromatic carbocycles. The van der Waals surface area contributed by atoms with Crippen LogP contribution in [-0.4, -0.2) is 65.9 Å². The maximum Gasteiger partial charge on any atom is 0.290 e. The van der Waals surface area contributed by atoms with Crippen molar-refractivity contribution < 1.29 is 19.5 Å². The summed E-state index contributed by atoms with van der Waals surface area (Å²) in [6, 6.07) is 10.6. The van der Waals surface area contributed by atoms with E-state index < -0.39 is 0 Å². The van der Waals surface area contributed by atoms with Gasteiger partial charge >= 0.3 is 0 Å². The smallest absolute Gasteiger partial charge is 0.290 e. The molecule has 7 heteroatoms. The normalized spacial score (nSPS) is 18.6. The maximum absolute atomic E-state index is 12.6. The summed E-state index contributed by atoms with van der Waals surface area (Å²) in [7, 11) is 0. The molecule has 2 saturated heterocycles. The van der Waals surface area contributed by atoms with Gasteiger partial charge in [0, 0.05) is 19.0 Å². The molecule has 0 radical (unpaired) electrons. The predicted molar refractivity (Wildman–Crippen MR) is 111 cm³/mol. The molecule has 2 amide bonds. The highest BCUT2D eigenvalue weighted by Crippen LogP contribution is 2.23. The standard InChI is InChI=1S/C21H31N3O2.CH2O2/c22-21(26)19-10-12-23(13-11-19)16-20(25)24-14-8-18(9-15-24)7-6-17-4-2-1-3-5-17;2-1-3/h1-5,18-19H,6-16H2,(H2,22,26);1H,(H,2,3). The Morgan fingerprint density at radius 1 is 1.03 bits per heavy atom. The van der Waals surface area contributed by atoms with Crippen LogP contribution in [-0.2, 0) is 20.8 Å². The lowest BCUT2D eigenvalue weighted by molar-refractivity contribution is -0.134. The second-order valence-corrected chi connectivity index (χ2v) is 7.91. The minimum Gasteiger partial charge on any atom is -0.483 e. The van der Waals surface area contributed by atoms with E-state index in [-0.39, 0.29) is 24.2 Å². The van der Waals surface area contributed by atoms with Gasteiger partial charge in [-0.2, -0.15) is 0 Å². The summed E-state index contributed by atoms with van der Waals surface area (Å²) in [5, 5.41) is 6.89. The van der Waals surface area contributed by atoms with Crippen LogP contribution in [0.4, 0.5) is 0 Å². The zero-order valence-corrected chi connectivity index (χ0v) is 17.0. The van der Waals surface area contributed by atoms with E-state index in [1.165, 1.54) is 12.0 Å². The van der Waals surface area contributed by atoms with E-state index in [9.17, 15) is 9.59 Å².